The van der Waals surface area contributed by atoms with E-state index >= 15 is 0 Å². The van der Waals surface area contributed by atoms with Gasteiger partial charge in [0.2, 0.25) is 11.8 Å². The molecule has 12 heavy (non-hydrogen) atoms. The second-order valence-electron chi connectivity index (χ2n) is 2.44. The maximum Gasteiger partial charge on any atom is 0.242 e. The summed E-state index contributed by atoms with van der Waals surface area (Å²) in [5, 5.41) is 4.93. The van der Waals surface area contributed by atoms with E-state index in [1.165, 1.54) is 7.05 Å². The molecule has 0 heterocycles. The summed E-state index contributed by atoms with van der Waals surface area (Å²) >= 11 is 0. The fraction of sp³-hybridized carbons (Fsp3) is 0.714. The van der Waals surface area contributed by atoms with Crippen LogP contribution in [-0.4, -0.2) is 31.4 Å². The summed E-state index contributed by atoms with van der Waals surface area (Å²) in [6.45, 7) is 1.92. The van der Waals surface area contributed by atoms with Gasteiger partial charge in [-0.2, -0.15) is 0 Å². The first-order chi connectivity index (χ1) is 5.61. The molecule has 0 saturated heterocycles. The van der Waals surface area contributed by atoms with Crippen LogP contribution in [0.4, 0.5) is 0 Å². The van der Waals surface area contributed by atoms with Gasteiger partial charge < -0.3 is 16.4 Å². The average Bonchev–Trinajstić information content (AvgIpc) is 2.03. The largest absolute Gasteiger partial charge is 0.357 e. The number of carbonyl (C=O) groups excluding carboxylic acids is 2. The summed E-state index contributed by atoms with van der Waals surface area (Å²) in [7, 11) is 1.52. The van der Waals surface area contributed by atoms with E-state index < -0.39 is 6.04 Å². The van der Waals surface area contributed by atoms with Crippen LogP contribution in [0.1, 0.15) is 13.3 Å². The number of hydrogen-bond donors (Lipinski definition) is 3. The normalized spacial score (nSPS) is 11.9. The van der Waals surface area contributed by atoms with Crippen molar-refractivity contribution in [1.82, 2.24) is 10.6 Å². The van der Waals surface area contributed by atoms with E-state index in [1.807, 2.05) is 0 Å². The molecule has 0 aromatic carbocycles. The first kappa shape index (κ1) is 10.9. The molecule has 1 atom stereocenters. The number of rotatable bonds is 4. The average molecular weight is 173 g/mol. The zero-order chi connectivity index (χ0) is 9.56. The van der Waals surface area contributed by atoms with Gasteiger partial charge in [-0.25, -0.2) is 0 Å². The van der Waals surface area contributed by atoms with Crippen molar-refractivity contribution >= 4 is 11.8 Å². The zero-order valence-electron chi connectivity index (χ0n) is 7.39. The quantitative estimate of drug-likeness (QED) is 0.488. The lowest BCUT2D eigenvalue weighted by molar-refractivity contribution is -0.128. The molecule has 1 unspecified atom stereocenters. The molecule has 0 fully saturated rings. The number of nitrogens with one attached hydrogen (secondary N) is 2. The summed E-state index contributed by atoms with van der Waals surface area (Å²) in [4.78, 5) is 21.8. The van der Waals surface area contributed by atoms with Crippen molar-refractivity contribution in [1.29, 1.82) is 0 Å². The first-order valence-corrected chi connectivity index (χ1v) is 3.82. The van der Waals surface area contributed by atoms with E-state index in [0.29, 0.717) is 6.54 Å². The van der Waals surface area contributed by atoms with Gasteiger partial charge in [0.1, 0.15) is 6.04 Å². The summed E-state index contributed by atoms with van der Waals surface area (Å²) in [6.07, 6.45) is 0.251. The van der Waals surface area contributed by atoms with Crippen LogP contribution in [0.3, 0.4) is 0 Å². The van der Waals surface area contributed by atoms with Gasteiger partial charge in [0.25, 0.3) is 0 Å². The molecule has 2 amide bonds. The van der Waals surface area contributed by atoms with Gasteiger partial charge in [0, 0.05) is 20.0 Å². The predicted molar refractivity (Wildman–Crippen MR) is 45.3 cm³/mol. The Morgan fingerprint density at radius 2 is 2.08 bits per heavy atom. The Balaban J connectivity index is 3.75. The predicted octanol–water partition coefficient (Wildman–Crippen LogP) is -1.41. The van der Waals surface area contributed by atoms with Gasteiger partial charge in [-0.15, -0.1) is 0 Å². The Kier molecular flexibility index (Phi) is 5.03. The molecule has 0 aliphatic rings. The maximum atomic E-state index is 10.9. The molecule has 0 radical (unpaired) electrons. The van der Waals surface area contributed by atoms with Crippen molar-refractivity contribution in [3.8, 4) is 0 Å². The number of likely N-dealkylation sites (N-methyl/N-ethyl adjacent to an activating group) is 1. The van der Waals surface area contributed by atoms with Crippen molar-refractivity contribution in [3.05, 3.63) is 0 Å². The molecule has 0 aromatic heterocycles. The number of carbonyl (C=O) groups is 2. The Morgan fingerprint density at radius 3 is 2.50 bits per heavy atom. The van der Waals surface area contributed by atoms with Gasteiger partial charge in [0.15, 0.2) is 0 Å². The second kappa shape index (κ2) is 5.54. The summed E-state index contributed by atoms with van der Waals surface area (Å²) in [5.41, 5.74) is 5.15. The van der Waals surface area contributed by atoms with Crippen LogP contribution in [0.5, 0.6) is 0 Å². The molecule has 4 N–H and O–H groups in total. The summed E-state index contributed by atoms with van der Waals surface area (Å²) in [5.74, 6) is -0.408. The minimum absolute atomic E-state index is 0.200. The Bertz CT molecular complexity index is 170. The van der Waals surface area contributed by atoms with E-state index in [-0.39, 0.29) is 18.2 Å². The Hall–Kier alpha value is -1.10. The Morgan fingerprint density at radius 1 is 1.50 bits per heavy atom. The highest BCUT2D eigenvalue weighted by Gasteiger charge is 2.12. The maximum absolute atomic E-state index is 10.9. The third-order valence-corrected chi connectivity index (χ3v) is 1.39. The molecule has 70 valence electrons. The van der Waals surface area contributed by atoms with Crippen LogP contribution in [0.15, 0.2) is 0 Å². The minimum Gasteiger partial charge on any atom is -0.357 e. The van der Waals surface area contributed by atoms with Crippen molar-refractivity contribution in [2.24, 2.45) is 5.73 Å². The molecular weight excluding hydrogens is 158 g/mol. The number of nitrogens with two attached hydrogens (primary N) is 1. The van der Waals surface area contributed by atoms with Crippen molar-refractivity contribution in [3.63, 3.8) is 0 Å². The Labute approximate surface area is 71.7 Å². The number of hydrogen-bond acceptors (Lipinski definition) is 3. The standard InChI is InChI=1S/C7H15N3O2/c1-5(7(12)9-2)10-6(11)3-4-8/h5H,3-4,8H2,1-2H3,(H,9,12)(H,10,11). The smallest absolute Gasteiger partial charge is 0.242 e. The van der Waals surface area contributed by atoms with Gasteiger partial charge >= 0.3 is 0 Å². The minimum atomic E-state index is -0.492. The number of amides is 2. The molecule has 0 aliphatic carbocycles. The zero-order valence-corrected chi connectivity index (χ0v) is 7.39. The molecule has 0 bridgehead atoms. The van der Waals surface area contributed by atoms with Gasteiger partial charge in [0.05, 0.1) is 0 Å². The van der Waals surface area contributed by atoms with E-state index in [1.54, 1.807) is 6.92 Å². The molecule has 0 aliphatic heterocycles. The van der Waals surface area contributed by atoms with Crippen LogP contribution in [-0.2, 0) is 9.59 Å². The molecular formula is C7H15N3O2. The lowest BCUT2D eigenvalue weighted by Crippen LogP contribution is -2.43. The molecule has 5 nitrogen and oxygen atoms in total. The summed E-state index contributed by atoms with van der Waals surface area (Å²) in [6, 6.07) is -0.492. The van der Waals surface area contributed by atoms with Gasteiger partial charge in [-0.3, -0.25) is 9.59 Å². The van der Waals surface area contributed by atoms with Crippen LogP contribution >= 0.6 is 0 Å². The molecule has 0 rings (SSSR count). The monoisotopic (exact) mass is 173 g/mol. The molecule has 0 spiro atoms. The van der Waals surface area contributed by atoms with E-state index in [2.05, 4.69) is 10.6 Å². The summed E-state index contributed by atoms with van der Waals surface area (Å²) < 4.78 is 0. The fourth-order valence-electron chi connectivity index (χ4n) is 0.727. The van der Waals surface area contributed by atoms with E-state index in [4.69, 9.17) is 5.73 Å². The van der Waals surface area contributed by atoms with E-state index in [0.717, 1.165) is 0 Å². The lowest BCUT2D eigenvalue weighted by atomic mass is 10.3. The fourth-order valence-corrected chi connectivity index (χ4v) is 0.727. The molecule has 0 saturated carbocycles. The SMILES string of the molecule is CNC(=O)C(C)NC(=O)CCN. The van der Waals surface area contributed by atoms with Crippen molar-refractivity contribution < 1.29 is 9.59 Å². The topological polar surface area (TPSA) is 84.2 Å². The third kappa shape index (κ3) is 3.92. The van der Waals surface area contributed by atoms with Crippen LogP contribution in [0.25, 0.3) is 0 Å². The third-order valence-electron chi connectivity index (χ3n) is 1.39. The highest BCUT2D eigenvalue weighted by Crippen LogP contribution is 1.83. The lowest BCUT2D eigenvalue weighted by Gasteiger charge is -2.11. The van der Waals surface area contributed by atoms with Gasteiger partial charge in [-0.1, -0.05) is 0 Å². The highest BCUT2D eigenvalue weighted by atomic mass is 16.2. The van der Waals surface area contributed by atoms with Crippen LogP contribution in [0.2, 0.25) is 0 Å². The molecule has 0 aromatic rings. The van der Waals surface area contributed by atoms with Crippen LogP contribution < -0.4 is 16.4 Å². The molecule has 5 heteroatoms. The van der Waals surface area contributed by atoms with Gasteiger partial charge in [-0.05, 0) is 6.92 Å². The highest BCUT2D eigenvalue weighted by molar-refractivity contribution is 5.87. The van der Waals surface area contributed by atoms with E-state index in [9.17, 15) is 9.59 Å². The first-order valence-electron chi connectivity index (χ1n) is 3.82. The second-order valence-corrected chi connectivity index (χ2v) is 2.44. The van der Waals surface area contributed by atoms with Crippen LogP contribution in [0, 0.1) is 0 Å². The van der Waals surface area contributed by atoms with Crippen molar-refractivity contribution in [2.45, 2.75) is 19.4 Å². The van der Waals surface area contributed by atoms with Crippen molar-refractivity contribution in [2.75, 3.05) is 13.6 Å².